The van der Waals surface area contributed by atoms with Crippen LogP contribution in [0.3, 0.4) is 0 Å². The highest BCUT2D eigenvalue weighted by Crippen LogP contribution is 2.08. The lowest BCUT2D eigenvalue weighted by Crippen LogP contribution is -2.51. The van der Waals surface area contributed by atoms with Gasteiger partial charge in [0.15, 0.2) is 0 Å². The fraction of sp³-hybridized carbons (Fsp3) is 0.818. The number of amides is 2. The van der Waals surface area contributed by atoms with Crippen LogP contribution in [0.15, 0.2) is 0 Å². The molecule has 1 atom stereocenters. The molecule has 1 heterocycles. The number of rotatable bonds is 4. The van der Waals surface area contributed by atoms with Crippen molar-refractivity contribution in [1.29, 1.82) is 0 Å². The summed E-state index contributed by atoms with van der Waals surface area (Å²) in [5.74, 6) is 0.409. The summed E-state index contributed by atoms with van der Waals surface area (Å²) in [6.45, 7) is 7.53. The number of ether oxygens (including phenoxy) is 1. The molecule has 2 amide bonds. The predicted octanol–water partition coefficient (Wildman–Crippen LogP) is 0.00590. The lowest BCUT2D eigenvalue weighted by atomic mass is 10.1. The highest BCUT2D eigenvalue weighted by Gasteiger charge is 2.26. The molecule has 0 spiro atoms. The first-order chi connectivity index (χ1) is 7.49. The van der Waals surface area contributed by atoms with Crippen LogP contribution in [0.2, 0.25) is 0 Å². The lowest BCUT2D eigenvalue weighted by Gasteiger charge is -2.33. The topological polar surface area (TPSA) is 58.6 Å². The van der Waals surface area contributed by atoms with Gasteiger partial charge in [-0.15, -0.1) is 0 Å². The third-order valence-electron chi connectivity index (χ3n) is 2.38. The van der Waals surface area contributed by atoms with Crippen molar-refractivity contribution < 1.29 is 14.3 Å². The standard InChI is InChI=1S/C11H20N2O3/c1-8(2)5-13-6-10(4-12-9(3)14)16-7-11(13)15/h8,10H,4-7H2,1-3H3,(H,12,14). The number of nitrogens with one attached hydrogen (secondary N) is 1. The van der Waals surface area contributed by atoms with E-state index in [2.05, 4.69) is 19.2 Å². The number of nitrogens with zero attached hydrogens (tertiary/aromatic N) is 1. The predicted molar refractivity (Wildman–Crippen MR) is 59.8 cm³/mol. The highest BCUT2D eigenvalue weighted by molar-refractivity contribution is 5.78. The van der Waals surface area contributed by atoms with Gasteiger partial charge in [0.1, 0.15) is 6.61 Å². The molecule has 5 heteroatoms. The van der Waals surface area contributed by atoms with E-state index in [4.69, 9.17) is 4.74 Å². The van der Waals surface area contributed by atoms with E-state index in [1.165, 1.54) is 6.92 Å². The maximum absolute atomic E-state index is 11.5. The first-order valence-corrected chi connectivity index (χ1v) is 5.63. The van der Waals surface area contributed by atoms with E-state index in [0.29, 0.717) is 19.0 Å². The van der Waals surface area contributed by atoms with Crippen LogP contribution in [-0.4, -0.2) is 49.1 Å². The van der Waals surface area contributed by atoms with E-state index in [1.54, 1.807) is 4.90 Å². The summed E-state index contributed by atoms with van der Waals surface area (Å²) in [6.07, 6.45) is -0.0830. The van der Waals surface area contributed by atoms with Gasteiger partial charge in [-0.05, 0) is 5.92 Å². The van der Waals surface area contributed by atoms with Crippen LogP contribution >= 0.6 is 0 Å². The summed E-state index contributed by atoms with van der Waals surface area (Å²) in [7, 11) is 0. The molecule has 0 aromatic heterocycles. The average Bonchev–Trinajstić information content (AvgIpc) is 2.18. The minimum absolute atomic E-state index is 0.0350. The Morgan fingerprint density at radius 1 is 1.62 bits per heavy atom. The minimum atomic E-state index is -0.0830. The Morgan fingerprint density at radius 3 is 2.88 bits per heavy atom. The maximum atomic E-state index is 11.5. The molecule has 0 radical (unpaired) electrons. The second-order valence-corrected chi connectivity index (χ2v) is 4.56. The summed E-state index contributed by atoms with van der Waals surface area (Å²) in [5.41, 5.74) is 0. The number of carbonyl (C=O) groups excluding carboxylic acids is 2. The Morgan fingerprint density at radius 2 is 2.31 bits per heavy atom. The van der Waals surface area contributed by atoms with E-state index >= 15 is 0 Å². The molecule has 0 aromatic carbocycles. The molecule has 5 nitrogen and oxygen atoms in total. The number of carbonyl (C=O) groups is 2. The van der Waals surface area contributed by atoms with Crippen molar-refractivity contribution in [3.05, 3.63) is 0 Å². The first-order valence-electron chi connectivity index (χ1n) is 5.63. The monoisotopic (exact) mass is 228 g/mol. The minimum Gasteiger partial charge on any atom is -0.365 e. The van der Waals surface area contributed by atoms with Crippen LogP contribution in [0.5, 0.6) is 0 Å². The molecule has 16 heavy (non-hydrogen) atoms. The molecule has 0 aromatic rings. The summed E-state index contributed by atoms with van der Waals surface area (Å²) in [4.78, 5) is 24.1. The van der Waals surface area contributed by atoms with Gasteiger partial charge >= 0.3 is 0 Å². The first kappa shape index (κ1) is 13.0. The van der Waals surface area contributed by atoms with Crippen molar-refractivity contribution in [3.63, 3.8) is 0 Å². The summed E-state index contributed by atoms with van der Waals surface area (Å²) in [6, 6.07) is 0. The molecule has 1 N–H and O–H groups in total. The van der Waals surface area contributed by atoms with Gasteiger partial charge < -0.3 is 15.0 Å². The SMILES string of the molecule is CC(=O)NCC1CN(CC(C)C)C(=O)CO1. The third-order valence-corrected chi connectivity index (χ3v) is 2.38. The van der Waals surface area contributed by atoms with Crippen molar-refractivity contribution >= 4 is 11.8 Å². The largest absolute Gasteiger partial charge is 0.365 e. The number of hydrogen-bond acceptors (Lipinski definition) is 3. The molecular weight excluding hydrogens is 208 g/mol. The van der Waals surface area contributed by atoms with Gasteiger partial charge in [-0.25, -0.2) is 0 Å². The molecule has 1 saturated heterocycles. The normalized spacial score (nSPS) is 21.4. The van der Waals surface area contributed by atoms with Crippen molar-refractivity contribution in [2.24, 2.45) is 5.92 Å². The average molecular weight is 228 g/mol. The molecule has 0 bridgehead atoms. The molecule has 92 valence electrons. The van der Waals surface area contributed by atoms with Crippen molar-refractivity contribution in [3.8, 4) is 0 Å². The van der Waals surface area contributed by atoms with Crippen LogP contribution in [0.25, 0.3) is 0 Å². The highest BCUT2D eigenvalue weighted by atomic mass is 16.5. The Bertz CT molecular complexity index is 266. The fourth-order valence-corrected chi connectivity index (χ4v) is 1.68. The van der Waals surface area contributed by atoms with Gasteiger partial charge in [0.2, 0.25) is 11.8 Å². The Hall–Kier alpha value is -1.10. The number of morpholine rings is 1. The second kappa shape index (κ2) is 5.84. The number of hydrogen-bond donors (Lipinski definition) is 1. The smallest absolute Gasteiger partial charge is 0.248 e. The molecule has 0 aliphatic carbocycles. The molecule has 0 saturated carbocycles. The van der Waals surface area contributed by atoms with E-state index in [0.717, 1.165) is 6.54 Å². The van der Waals surface area contributed by atoms with Crippen molar-refractivity contribution in [1.82, 2.24) is 10.2 Å². The van der Waals surface area contributed by atoms with Crippen molar-refractivity contribution in [2.75, 3.05) is 26.2 Å². The van der Waals surface area contributed by atoms with E-state index in [-0.39, 0.29) is 24.5 Å². The molecular formula is C11H20N2O3. The van der Waals surface area contributed by atoms with Gasteiger partial charge in [0.05, 0.1) is 6.10 Å². The zero-order valence-electron chi connectivity index (χ0n) is 10.2. The summed E-state index contributed by atoms with van der Waals surface area (Å²) in [5, 5.41) is 2.70. The van der Waals surface area contributed by atoms with Gasteiger partial charge in [-0.3, -0.25) is 9.59 Å². The summed E-state index contributed by atoms with van der Waals surface area (Å²) < 4.78 is 5.35. The lowest BCUT2D eigenvalue weighted by molar-refractivity contribution is -0.149. The molecule has 1 fully saturated rings. The Balaban J connectivity index is 2.40. The van der Waals surface area contributed by atoms with Crippen LogP contribution in [-0.2, 0) is 14.3 Å². The van der Waals surface area contributed by atoms with Crippen LogP contribution in [0, 0.1) is 5.92 Å². The third kappa shape index (κ3) is 4.18. The van der Waals surface area contributed by atoms with Gasteiger partial charge in [-0.2, -0.15) is 0 Å². The quantitative estimate of drug-likeness (QED) is 0.737. The second-order valence-electron chi connectivity index (χ2n) is 4.56. The zero-order chi connectivity index (χ0) is 12.1. The Labute approximate surface area is 96.1 Å². The van der Waals surface area contributed by atoms with E-state index in [1.807, 2.05) is 0 Å². The van der Waals surface area contributed by atoms with Gasteiger partial charge in [0, 0.05) is 26.6 Å². The van der Waals surface area contributed by atoms with Gasteiger partial charge in [0.25, 0.3) is 0 Å². The van der Waals surface area contributed by atoms with Gasteiger partial charge in [-0.1, -0.05) is 13.8 Å². The van der Waals surface area contributed by atoms with E-state index in [9.17, 15) is 9.59 Å². The molecule has 1 aliphatic heterocycles. The van der Waals surface area contributed by atoms with Crippen LogP contribution in [0.4, 0.5) is 0 Å². The van der Waals surface area contributed by atoms with Crippen LogP contribution in [0.1, 0.15) is 20.8 Å². The Kier molecular flexibility index (Phi) is 4.73. The zero-order valence-corrected chi connectivity index (χ0v) is 10.2. The van der Waals surface area contributed by atoms with Crippen LogP contribution < -0.4 is 5.32 Å². The molecule has 1 aliphatic rings. The fourth-order valence-electron chi connectivity index (χ4n) is 1.68. The summed E-state index contributed by atoms with van der Waals surface area (Å²) >= 11 is 0. The van der Waals surface area contributed by atoms with Crippen molar-refractivity contribution in [2.45, 2.75) is 26.9 Å². The maximum Gasteiger partial charge on any atom is 0.248 e. The van der Waals surface area contributed by atoms with E-state index < -0.39 is 0 Å². The molecule has 1 unspecified atom stereocenters. The molecule has 1 rings (SSSR count).